The first-order valence-corrected chi connectivity index (χ1v) is 6.45. The second kappa shape index (κ2) is 6.05. The molecule has 8 heteroatoms. The lowest BCUT2D eigenvalue weighted by molar-refractivity contribution is -0.143. The van der Waals surface area contributed by atoms with Crippen molar-refractivity contribution >= 4 is 29.4 Å². The van der Waals surface area contributed by atoms with Gasteiger partial charge in [-0.3, -0.25) is 19.3 Å². The van der Waals surface area contributed by atoms with Gasteiger partial charge in [-0.05, 0) is 31.2 Å². The van der Waals surface area contributed by atoms with Crippen molar-refractivity contribution in [3.63, 3.8) is 0 Å². The molecule has 1 heterocycles. The number of hydrogen-bond acceptors (Lipinski definition) is 5. The van der Waals surface area contributed by atoms with E-state index >= 15 is 0 Å². The Morgan fingerprint density at radius 2 is 1.73 bits per heavy atom. The summed E-state index contributed by atoms with van der Waals surface area (Å²) in [5.74, 6) is -2.56. The summed E-state index contributed by atoms with van der Waals surface area (Å²) in [6.45, 7) is 1.08. The van der Waals surface area contributed by atoms with Gasteiger partial charge in [-0.25, -0.2) is 9.69 Å². The Morgan fingerprint density at radius 1 is 1.14 bits per heavy atom. The molecule has 0 atom stereocenters. The van der Waals surface area contributed by atoms with E-state index in [0.717, 1.165) is 4.90 Å². The number of hydrogen-bond donors (Lipinski definition) is 1. The Labute approximate surface area is 125 Å². The molecular weight excluding hydrogens is 288 g/mol. The van der Waals surface area contributed by atoms with Crippen molar-refractivity contribution in [2.24, 2.45) is 0 Å². The van der Waals surface area contributed by atoms with Crippen LogP contribution >= 0.6 is 0 Å². The number of carbonyl (C=O) groups is 4. The zero-order chi connectivity index (χ0) is 16.3. The van der Waals surface area contributed by atoms with Crippen LogP contribution < -0.4 is 5.32 Å². The first-order chi connectivity index (χ1) is 10.5. The van der Waals surface area contributed by atoms with Crippen LogP contribution in [0.4, 0.5) is 10.5 Å². The molecule has 0 aliphatic carbocycles. The van der Waals surface area contributed by atoms with Gasteiger partial charge >= 0.3 is 17.8 Å². The summed E-state index contributed by atoms with van der Waals surface area (Å²) >= 11 is 0. The van der Waals surface area contributed by atoms with Gasteiger partial charge in [-0.1, -0.05) is 0 Å². The Bertz CT molecular complexity index is 690. The number of rotatable bonds is 4. The van der Waals surface area contributed by atoms with Crippen molar-refractivity contribution < 1.29 is 19.2 Å². The van der Waals surface area contributed by atoms with Crippen molar-refractivity contribution in [2.75, 3.05) is 18.4 Å². The molecule has 1 saturated heterocycles. The number of anilines is 1. The number of amides is 5. The number of urea groups is 1. The van der Waals surface area contributed by atoms with Crippen LogP contribution in [-0.4, -0.2) is 46.6 Å². The van der Waals surface area contributed by atoms with Gasteiger partial charge in [0.25, 0.3) is 0 Å². The van der Waals surface area contributed by atoms with E-state index in [1.165, 1.54) is 24.3 Å². The fourth-order valence-corrected chi connectivity index (χ4v) is 1.94. The lowest BCUT2D eigenvalue weighted by atomic mass is 10.2. The number of benzene rings is 1. The van der Waals surface area contributed by atoms with Crippen LogP contribution in [0.25, 0.3) is 0 Å². The molecule has 1 aliphatic rings. The van der Waals surface area contributed by atoms with Gasteiger partial charge in [-0.2, -0.15) is 5.26 Å². The molecule has 1 N–H and O–H groups in total. The molecule has 8 nitrogen and oxygen atoms in total. The molecule has 1 aliphatic heterocycles. The maximum absolute atomic E-state index is 11.9. The predicted molar refractivity (Wildman–Crippen MR) is 74.3 cm³/mol. The van der Waals surface area contributed by atoms with Gasteiger partial charge < -0.3 is 5.32 Å². The van der Waals surface area contributed by atoms with Crippen LogP contribution in [0.2, 0.25) is 0 Å². The van der Waals surface area contributed by atoms with Gasteiger partial charge in [0.15, 0.2) is 0 Å². The van der Waals surface area contributed by atoms with E-state index in [-0.39, 0.29) is 6.54 Å². The summed E-state index contributed by atoms with van der Waals surface area (Å²) in [6.07, 6.45) is 0. The van der Waals surface area contributed by atoms with Gasteiger partial charge in [0, 0.05) is 12.2 Å². The van der Waals surface area contributed by atoms with Crippen molar-refractivity contribution in [3.05, 3.63) is 29.8 Å². The highest BCUT2D eigenvalue weighted by Gasteiger charge is 2.44. The van der Waals surface area contributed by atoms with Gasteiger partial charge in [0.05, 0.1) is 11.6 Å². The van der Waals surface area contributed by atoms with Crippen LogP contribution in [0, 0.1) is 11.3 Å². The molecule has 0 radical (unpaired) electrons. The van der Waals surface area contributed by atoms with E-state index in [4.69, 9.17) is 5.26 Å². The van der Waals surface area contributed by atoms with E-state index < -0.39 is 30.3 Å². The predicted octanol–water partition coefficient (Wildman–Crippen LogP) is 0.307. The molecule has 0 bridgehead atoms. The summed E-state index contributed by atoms with van der Waals surface area (Å²) in [7, 11) is 0. The highest BCUT2D eigenvalue weighted by atomic mass is 16.2. The Hall–Kier alpha value is -3.21. The third-order valence-electron chi connectivity index (χ3n) is 3.05. The zero-order valence-corrected chi connectivity index (χ0v) is 11.7. The lowest BCUT2D eigenvalue weighted by Crippen LogP contribution is -2.38. The van der Waals surface area contributed by atoms with Gasteiger partial charge in [0.1, 0.15) is 6.54 Å². The maximum Gasteiger partial charge on any atom is 0.334 e. The summed E-state index contributed by atoms with van der Waals surface area (Å²) in [4.78, 5) is 48.2. The first-order valence-electron chi connectivity index (χ1n) is 6.45. The molecule has 1 aromatic rings. The standard InChI is InChI=1S/C14H12N4O4/c1-2-17-12(20)13(21)18(14(17)22)8-11(19)16-10-5-3-9(7-15)4-6-10/h3-6H,2,8H2,1H3,(H,16,19). The van der Waals surface area contributed by atoms with Crippen molar-refractivity contribution in [1.82, 2.24) is 9.80 Å². The second-order valence-corrected chi connectivity index (χ2v) is 4.46. The Kier molecular flexibility index (Phi) is 4.18. The molecule has 0 aromatic heterocycles. The lowest BCUT2D eigenvalue weighted by Gasteiger charge is -2.13. The molecule has 112 valence electrons. The van der Waals surface area contributed by atoms with Crippen LogP contribution in [0.3, 0.4) is 0 Å². The van der Waals surface area contributed by atoms with Crippen molar-refractivity contribution in [1.29, 1.82) is 5.26 Å². The topological polar surface area (TPSA) is 111 Å². The number of nitrogens with zero attached hydrogens (tertiary/aromatic N) is 3. The van der Waals surface area contributed by atoms with Crippen molar-refractivity contribution in [2.45, 2.75) is 6.92 Å². The first kappa shape index (κ1) is 15.2. The van der Waals surface area contributed by atoms with E-state index in [9.17, 15) is 19.2 Å². The number of carbonyl (C=O) groups excluding carboxylic acids is 4. The number of nitriles is 1. The largest absolute Gasteiger partial charge is 0.334 e. The highest BCUT2D eigenvalue weighted by molar-refractivity contribution is 6.45. The van der Waals surface area contributed by atoms with Crippen molar-refractivity contribution in [3.8, 4) is 6.07 Å². The Balaban J connectivity index is 2.03. The molecular formula is C14H12N4O4. The minimum atomic E-state index is -1.01. The van der Waals surface area contributed by atoms with E-state index in [1.807, 2.05) is 6.07 Å². The molecule has 5 amide bonds. The fraction of sp³-hybridized carbons (Fsp3) is 0.214. The number of likely N-dealkylation sites (N-methyl/N-ethyl adjacent to an activating group) is 1. The Morgan fingerprint density at radius 3 is 2.23 bits per heavy atom. The average molecular weight is 300 g/mol. The number of nitrogens with one attached hydrogen (secondary N) is 1. The fourth-order valence-electron chi connectivity index (χ4n) is 1.94. The summed E-state index contributed by atoms with van der Waals surface area (Å²) in [5.41, 5.74) is 0.855. The third-order valence-corrected chi connectivity index (χ3v) is 3.05. The minimum absolute atomic E-state index is 0.0666. The molecule has 1 fully saturated rings. The van der Waals surface area contributed by atoms with Gasteiger partial charge in [0.2, 0.25) is 5.91 Å². The van der Waals surface area contributed by atoms with Crippen LogP contribution in [0.5, 0.6) is 0 Å². The average Bonchev–Trinajstić information content (AvgIpc) is 2.71. The molecule has 0 saturated carbocycles. The highest BCUT2D eigenvalue weighted by Crippen LogP contribution is 2.13. The molecule has 22 heavy (non-hydrogen) atoms. The SMILES string of the molecule is CCN1C(=O)C(=O)N(CC(=O)Nc2ccc(C#N)cc2)C1=O. The second-order valence-electron chi connectivity index (χ2n) is 4.46. The maximum atomic E-state index is 11.9. The number of imide groups is 2. The van der Waals surface area contributed by atoms with Crippen LogP contribution in [0.15, 0.2) is 24.3 Å². The summed E-state index contributed by atoms with van der Waals surface area (Å²) in [5, 5.41) is 11.2. The summed E-state index contributed by atoms with van der Waals surface area (Å²) in [6, 6.07) is 7.22. The van der Waals surface area contributed by atoms with E-state index in [2.05, 4.69) is 5.32 Å². The molecule has 2 rings (SSSR count). The normalized spacial score (nSPS) is 14.3. The van der Waals surface area contributed by atoms with E-state index in [0.29, 0.717) is 16.2 Å². The zero-order valence-electron chi connectivity index (χ0n) is 11.7. The van der Waals surface area contributed by atoms with Crippen LogP contribution in [0.1, 0.15) is 12.5 Å². The molecule has 0 unspecified atom stereocenters. The van der Waals surface area contributed by atoms with Crippen LogP contribution in [-0.2, 0) is 14.4 Å². The smallest absolute Gasteiger partial charge is 0.325 e. The quantitative estimate of drug-likeness (QED) is 0.635. The molecule has 0 spiro atoms. The summed E-state index contributed by atoms with van der Waals surface area (Å²) < 4.78 is 0. The monoisotopic (exact) mass is 300 g/mol. The van der Waals surface area contributed by atoms with E-state index in [1.54, 1.807) is 6.92 Å². The van der Waals surface area contributed by atoms with Gasteiger partial charge in [-0.15, -0.1) is 0 Å². The molecule has 1 aromatic carbocycles. The minimum Gasteiger partial charge on any atom is -0.325 e. The third kappa shape index (κ3) is 2.78.